The van der Waals surface area contributed by atoms with E-state index in [1.807, 2.05) is 0 Å². The Morgan fingerprint density at radius 2 is 1.96 bits per heavy atom. The monoisotopic (exact) mass is 393 g/mol. The third-order valence-corrected chi connectivity index (χ3v) is 4.73. The van der Waals surface area contributed by atoms with Crippen LogP contribution in [0.5, 0.6) is 0 Å². The third kappa shape index (κ3) is 5.38. The summed E-state index contributed by atoms with van der Waals surface area (Å²) in [5.41, 5.74) is 0.935. The highest BCUT2D eigenvalue weighted by molar-refractivity contribution is 6.30. The van der Waals surface area contributed by atoms with E-state index >= 15 is 0 Å². The smallest absolute Gasteiger partial charge is 0.253 e. The second-order valence-electron chi connectivity index (χ2n) is 6.33. The molecule has 144 valence electrons. The van der Waals surface area contributed by atoms with E-state index in [2.05, 4.69) is 10.2 Å². The van der Waals surface area contributed by atoms with Gasteiger partial charge in [0.05, 0.1) is 23.8 Å². The van der Waals surface area contributed by atoms with Gasteiger partial charge in [-0.15, -0.1) is 0 Å². The minimum absolute atomic E-state index is 0.0124. The van der Waals surface area contributed by atoms with Gasteiger partial charge in [-0.3, -0.25) is 14.5 Å². The molecule has 1 saturated heterocycles. The number of nitrogens with one attached hydrogen (secondary N) is 1. The minimum atomic E-state index is -0.501. The van der Waals surface area contributed by atoms with Gasteiger partial charge in [0, 0.05) is 45.0 Å². The fourth-order valence-electron chi connectivity index (χ4n) is 2.85. The predicted molar refractivity (Wildman–Crippen MR) is 101 cm³/mol. The second-order valence-corrected chi connectivity index (χ2v) is 6.74. The van der Waals surface area contributed by atoms with Crippen LogP contribution >= 0.6 is 11.6 Å². The molecule has 0 bridgehead atoms. The first-order valence-corrected chi connectivity index (χ1v) is 9.13. The number of morpholine rings is 1. The SMILES string of the molecule is O=C(NCc1ccc(F)c(Cl)c1)c1ccc(=O)n(CCN2CCOCC2)c1. The standard InChI is InChI=1S/C19H21ClFN3O3/c20-16-11-14(1-3-17(16)21)12-22-19(26)15-2-4-18(25)24(13-15)6-5-23-7-9-27-10-8-23/h1-4,11,13H,5-10,12H2,(H,22,26). The number of hydrogen-bond donors (Lipinski definition) is 1. The number of halogens is 2. The summed E-state index contributed by atoms with van der Waals surface area (Å²) in [6.07, 6.45) is 1.57. The third-order valence-electron chi connectivity index (χ3n) is 4.44. The lowest BCUT2D eigenvalue weighted by molar-refractivity contribution is 0.0363. The maximum Gasteiger partial charge on any atom is 0.253 e. The molecule has 0 unspecified atom stereocenters. The van der Waals surface area contributed by atoms with Crippen LogP contribution in [-0.2, 0) is 17.8 Å². The molecule has 1 amide bonds. The number of aromatic nitrogens is 1. The van der Waals surface area contributed by atoms with Crippen LogP contribution in [0.25, 0.3) is 0 Å². The van der Waals surface area contributed by atoms with Crippen LogP contribution in [-0.4, -0.2) is 48.2 Å². The topological polar surface area (TPSA) is 63.6 Å². The number of amides is 1. The normalized spacial score (nSPS) is 14.9. The van der Waals surface area contributed by atoms with Gasteiger partial charge in [0.15, 0.2) is 0 Å². The van der Waals surface area contributed by atoms with Crippen LogP contribution in [0.15, 0.2) is 41.3 Å². The van der Waals surface area contributed by atoms with Crippen LogP contribution < -0.4 is 10.9 Å². The average Bonchev–Trinajstić information content (AvgIpc) is 2.69. The summed E-state index contributed by atoms with van der Waals surface area (Å²) in [5.74, 6) is -0.811. The number of carbonyl (C=O) groups excluding carboxylic acids is 1. The zero-order valence-electron chi connectivity index (χ0n) is 14.8. The minimum Gasteiger partial charge on any atom is -0.379 e. The Labute approximate surface area is 161 Å². The highest BCUT2D eigenvalue weighted by Gasteiger charge is 2.12. The van der Waals surface area contributed by atoms with E-state index in [-0.39, 0.29) is 23.0 Å². The molecule has 6 nitrogen and oxygen atoms in total. The van der Waals surface area contributed by atoms with Gasteiger partial charge in [-0.05, 0) is 23.8 Å². The van der Waals surface area contributed by atoms with Crippen molar-refractivity contribution < 1.29 is 13.9 Å². The zero-order chi connectivity index (χ0) is 19.2. The van der Waals surface area contributed by atoms with Crippen molar-refractivity contribution in [2.24, 2.45) is 0 Å². The van der Waals surface area contributed by atoms with Gasteiger partial charge in [-0.2, -0.15) is 0 Å². The average molecular weight is 394 g/mol. The first kappa shape index (κ1) is 19.5. The van der Waals surface area contributed by atoms with Gasteiger partial charge >= 0.3 is 0 Å². The number of carbonyl (C=O) groups is 1. The summed E-state index contributed by atoms with van der Waals surface area (Å²) in [5, 5.41) is 2.76. The van der Waals surface area contributed by atoms with Gasteiger partial charge in [-0.25, -0.2) is 4.39 Å². The predicted octanol–water partition coefficient (Wildman–Crippen LogP) is 1.90. The van der Waals surface area contributed by atoms with E-state index in [4.69, 9.17) is 16.3 Å². The molecule has 0 spiro atoms. The molecular formula is C19H21ClFN3O3. The summed E-state index contributed by atoms with van der Waals surface area (Å²) in [4.78, 5) is 26.7. The summed E-state index contributed by atoms with van der Waals surface area (Å²) in [7, 11) is 0. The lowest BCUT2D eigenvalue weighted by Crippen LogP contribution is -2.39. The zero-order valence-corrected chi connectivity index (χ0v) is 15.5. The van der Waals surface area contributed by atoms with Gasteiger partial charge in [0.2, 0.25) is 0 Å². The number of pyridine rings is 1. The Hall–Kier alpha value is -2.22. The molecule has 2 heterocycles. The Kier molecular flexibility index (Phi) is 6.60. The molecule has 0 radical (unpaired) electrons. The molecule has 1 aliphatic rings. The fraction of sp³-hybridized carbons (Fsp3) is 0.368. The maximum absolute atomic E-state index is 13.2. The summed E-state index contributed by atoms with van der Waals surface area (Å²) in [6.45, 7) is 4.53. The fourth-order valence-corrected chi connectivity index (χ4v) is 3.05. The van der Waals surface area contributed by atoms with E-state index in [0.717, 1.165) is 19.6 Å². The first-order chi connectivity index (χ1) is 13.0. The number of hydrogen-bond acceptors (Lipinski definition) is 4. The van der Waals surface area contributed by atoms with Crippen molar-refractivity contribution in [1.82, 2.24) is 14.8 Å². The molecule has 1 N–H and O–H groups in total. The van der Waals surface area contributed by atoms with Crippen molar-refractivity contribution >= 4 is 17.5 Å². The molecule has 1 aliphatic heterocycles. The number of rotatable bonds is 6. The first-order valence-electron chi connectivity index (χ1n) is 8.75. The molecule has 3 rings (SSSR count). The van der Waals surface area contributed by atoms with Crippen molar-refractivity contribution in [3.8, 4) is 0 Å². The summed E-state index contributed by atoms with van der Waals surface area (Å²) < 4.78 is 20.0. The molecule has 1 fully saturated rings. The summed E-state index contributed by atoms with van der Waals surface area (Å²) >= 11 is 5.75. The highest BCUT2D eigenvalue weighted by Crippen LogP contribution is 2.15. The van der Waals surface area contributed by atoms with E-state index in [9.17, 15) is 14.0 Å². The molecule has 8 heteroatoms. The van der Waals surface area contributed by atoms with Crippen LogP contribution in [0.3, 0.4) is 0 Å². The molecule has 2 aromatic rings. The largest absolute Gasteiger partial charge is 0.379 e. The lowest BCUT2D eigenvalue weighted by Gasteiger charge is -2.26. The quantitative estimate of drug-likeness (QED) is 0.814. The van der Waals surface area contributed by atoms with Crippen molar-refractivity contribution in [2.75, 3.05) is 32.8 Å². The van der Waals surface area contributed by atoms with Crippen LogP contribution in [0, 0.1) is 5.82 Å². The Morgan fingerprint density at radius 3 is 2.70 bits per heavy atom. The van der Waals surface area contributed by atoms with Gasteiger partial charge in [0.25, 0.3) is 11.5 Å². The van der Waals surface area contributed by atoms with Crippen LogP contribution in [0.1, 0.15) is 15.9 Å². The maximum atomic E-state index is 13.2. The van der Waals surface area contributed by atoms with E-state index in [1.165, 1.54) is 24.3 Å². The molecule has 27 heavy (non-hydrogen) atoms. The Morgan fingerprint density at radius 1 is 1.19 bits per heavy atom. The number of ether oxygens (including phenoxy) is 1. The lowest BCUT2D eigenvalue weighted by atomic mass is 10.2. The molecule has 0 aliphatic carbocycles. The molecule has 1 aromatic heterocycles. The van der Waals surface area contributed by atoms with E-state index in [0.29, 0.717) is 30.9 Å². The molecule has 1 aromatic carbocycles. The van der Waals surface area contributed by atoms with Gasteiger partial charge < -0.3 is 14.6 Å². The number of benzene rings is 1. The Bertz CT molecular complexity index is 866. The van der Waals surface area contributed by atoms with Crippen LogP contribution in [0.4, 0.5) is 4.39 Å². The number of nitrogens with zero attached hydrogens (tertiary/aromatic N) is 2. The van der Waals surface area contributed by atoms with E-state index < -0.39 is 5.82 Å². The second kappa shape index (κ2) is 9.12. The Balaban J connectivity index is 1.60. The van der Waals surface area contributed by atoms with Crippen molar-refractivity contribution in [3.05, 3.63) is 68.8 Å². The highest BCUT2D eigenvalue weighted by atomic mass is 35.5. The molecule has 0 saturated carbocycles. The van der Waals surface area contributed by atoms with Crippen LogP contribution in [0.2, 0.25) is 5.02 Å². The molecule has 0 atom stereocenters. The van der Waals surface area contributed by atoms with Crippen molar-refractivity contribution in [3.63, 3.8) is 0 Å². The van der Waals surface area contributed by atoms with Crippen molar-refractivity contribution in [1.29, 1.82) is 0 Å². The van der Waals surface area contributed by atoms with E-state index in [1.54, 1.807) is 16.8 Å². The van der Waals surface area contributed by atoms with Gasteiger partial charge in [0.1, 0.15) is 5.82 Å². The summed E-state index contributed by atoms with van der Waals surface area (Å²) in [6, 6.07) is 7.18. The molecular weight excluding hydrogens is 373 g/mol. The van der Waals surface area contributed by atoms with Crippen molar-refractivity contribution in [2.45, 2.75) is 13.1 Å². The van der Waals surface area contributed by atoms with Gasteiger partial charge in [-0.1, -0.05) is 17.7 Å².